The number of methoxy groups -OCH3 is 4. The first-order valence-corrected chi connectivity index (χ1v) is 12.6. The summed E-state index contributed by atoms with van der Waals surface area (Å²) in [5.74, 6) is 2.74. The largest absolute Gasteiger partial charge is 0.493 e. The Kier molecular flexibility index (Phi) is 6.74. The van der Waals surface area contributed by atoms with Gasteiger partial charge in [-0.3, -0.25) is 4.79 Å². The van der Waals surface area contributed by atoms with Crippen LogP contribution in [0.4, 0.5) is 0 Å². The van der Waals surface area contributed by atoms with E-state index in [2.05, 4.69) is 6.07 Å². The molecule has 5 rings (SSSR count). The van der Waals surface area contributed by atoms with Crippen molar-refractivity contribution in [3.05, 3.63) is 82.2 Å². The summed E-state index contributed by atoms with van der Waals surface area (Å²) in [6.07, 6.45) is 1.37. The summed E-state index contributed by atoms with van der Waals surface area (Å²) < 4.78 is 23.3. The summed E-state index contributed by atoms with van der Waals surface area (Å²) in [7, 11) is 6.54. The van der Waals surface area contributed by atoms with Crippen LogP contribution in [0.5, 0.6) is 23.0 Å². The van der Waals surface area contributed by atoms with Gasteiger partial charge in [-0.1, -0.05) is 24.3 Å². The molecule has 4 aromatic rings. The van der Waals surface area contributed by atoms with Crippen LogP contribution in [0.1, 0.15) is 32.4 Å². The van der Waals surface area contributed by atoms with E-state index in [9.17, 15) is 4.79 Å². The summed E-state index contributed by atoms with van der Waals surface area (Å²) in [4.78, 5) is 16.7. The van der Waals surface area contributed by atoms with Crippen molar-refractivity contribution in [1.29, 1.82) is 0 Å². The first-order valence-electron chi connectivity index (χ1n) is 11.8. The summed E-state index contributed by atoms with van der Waals surface area (Å²) >= 11 is 1.54. The molecule has 6 nitrogen and oxygen atoms in total. The third-order valence-electron chi connectivity index (χ3n) is 6.78. The summed E-state index contributed by atoms with van der Waals surface area (Å²) in [5.41, 5.74) is 3.29. The number of nitrogens with zero attached hydrogens (tertiary/aromatic N) is 1. The lowest BCUT2D eigenvalue weighted by Crippen LogP contribution is -2.40. The van der Waals surface area contributed by atoms with Gasteiger partial charge in [0, 0.05) is 11.2 Å². The smallest absolute Gasteiger partial charge is 0.264 e. The second-order valence-electron chi connectivity index (χ2n) is 8.71. The molecule has 0 bridgehead atoms. The molecule has 7 heteroatoms. The minimum absolute atomic E-state index is 0.0436. The molecule has 186 valence electrons. The molecular weight excluding hydrogens is 474 g/mol. The number of carbonyl (C=O) groups excluding carboxylic acids is 1. The van der Waals surface area contributed by atoms with E-state index in [0.717, 1.165) is 32.5 Å². The Morgan fingerprint density at radius 2 is 1.56 bits per heavy atom. The van der Waals surface area contributed by atoms with Gasteiger partial charge in [-0.25, -0.2) is 0 Å². The van der Waals surface area contributed by atoms with Crippen LogP contribution in [-0.2, 0) is 12.8 Å². The van der Waals surface area contributed by atoms with Crippen molar-refractivity contribution in [3.63, 3.8) is 0 Å². The highest BCUT2D eigenvalue weighted by Gasteiger charge is 2.33. The van der Waals surface area contributed by atoms with Crippen LogP contribution >= 0.6 is 11.3 Å². The minimum Gasteiger partial charge on any atom is -0.493 e. The van der Waals surface area contributed by atoms with Crippen LogP contribution in [0.2, 0.25) is 0 Å². The molecular formula is C29H29NO5S. The van der Waals surface area contributed by atoms with Gasteiger partial charge >= 0.3 is 0 Å². The monoisotopic (exact) mass is 503 g/mol. The van der Waals surface area contributed by atoms with Crippen LogP contribution in [0, 0.1) is 0 Å². The first kappa shape index (κ1) is 24.0. The van der Waals surface area contributed by atoms with E-state index >= 15 is 0 Å². The Morgan fingerprint density at radius 1 is 0.861 bits per heavy atom. The highest BCUT2D eigenvalue weighted by molar-refractivity contribution is 7.20. The van der Waals surface area contributed by atoms with Gasteiger partial charge in [0.25, 0.3) is 5.91 Å². The minimum atomic E-state index is -0.177. The lowest BCUT2D eigenvalue weighted by atomic mass is 9.88. The molecule has 0 N–H and O–H groups in total. The summed E-state index contributed by atoms with van der Waals surface area (Å²) in [5, 5.41) is 1.09. The molecule has 0 saturated heterocycles. The average molecular weight is 504 g/mol. The highest BCUT2D eigenvalue weighted by atomic mass is 32.1. The van der Waals surface area contributed by atoms with E-state index in [-0.39, 0.29) is 11.9 Å². The number of amides is 1. The summed E-state index contributed by atoms with van der Waals surface area (Å²) in [6, 6.07) is 19.9. The van der Waals surface area contributed by atoms with Gasteiger partial charge in [-0.2, -0.15) is 0 Å². The Bertz CT molecular complexity index is 1380. The van der Waals surface area contributed by atoms with Crippen molar-refractivity contribution in [1.82, 2.24) is 4.90 Å². The molecule has 1 aliphatic rings. The number of hydrogen-bond acceptors (Lipinski definition) is 6. The predicted octanol–water partition coefficient (Wildman–Crippen LogP) is 5.92. The molecule has 1 aromatic heterocycles. The molecule has 0 saturated carbocycles. The van der Waals surface area contributed by atoms with Gasteiger partial charge in [0.1, 0.15) is 0 Å². The molecule has 1 amide bonds. The zero-order valence-electron chi connectivity index (χ0n) is 20.9. The number of fused-ring (bicyclic) bond motifs is 2. The van der Waals surface area contributed by atoms with E-state index in [4.69, 9.17) is 18.9 Å². The fraction of sp³-hybridized carbons (Fsp3) is 0.276. The molecule has 0 aliphatic carbocycles. The van der Waals surface area contributed by atoms with Gasteiger partial charge in [0.15, 0.2) is 23.0 Å². The maximum atomic E-state index is 13.9. The van der Waals surface area contributed by atoms with E-state index < -0.39 is 0 Å². The molecule has 1 atom stereocenters. The molecule has 2 heterocycles. The van der Waals surface area contributed by atoms with Gasteiger partial charge < -0.3 is 23.8 Å². The topological polar surface area (TPSA) is 57.2 Å². The number of thiophene rings is 1. The van der Waals surface area contributed by atoms with Gasteiger partial charge in [-0.15, -0.1) is 11.3 Å². The zero-order valence-corrected chi connectivity index (χ0v) is 21.7. The van der Waals surface area contributed by atoms with Crippen molar-refractivity contribution in [3.8, 4) is 23.0 Å². The normalized spacial score (nSPS) is 14.9. The number of benzene rings is 3. The Hall–Kier alpha value is -3.71. The second kappa shape index (κ2) is 10.1. The lowest BCUT2D eigenvalue weighted by Gasteiger charge is -2.38. The molecule has 36 heavy (non-hydrogen) atoms. The van der Waals surface area contributed by atoms with Crippen molar-refractivity contribution >= 4 is 27.3 Å². The molecule has 0 fully saturated rings. The van der Waals surface area contributed by atoms with Crippen LogP contribution < -0.4 is 18.9 Å². The summed E-state index contributed by atoms with van der Waals surface area (Å²) in [6.45, 7) is 0.619. The zero-order chi connectivity index (χ0) is 25.2. The Morgan fingerprint density at radius 3 is 2.28 bits per heavy atom. The fourth-order valence-electron chi connectivity index (χ4n) is 4.95. The molecule has 0 spiro atoms. The van der Waals surface area contributed by atoms with Crippen LogP contribution in [0.3, 0.4) is 0 Å². The van der Waals surface area contributed by atoms with E-state index in [1.54, 1.807) is 39.8 Å². The van der Waals surface area contributed by atoms with Gasteiger partial charge in [0.2, 0.25) is 0 Å². The third kappa shape index (κ3) is 4.35. The molecule has 0 unspecified atom stereocenters. The van der Waals surface area contributed by atoms with Crippen LogP contribution in [-0.4, -0.2) is 45.8 Å². The van der Waals surface area contributed by atoms with Crippen molar-refractivity contribution < 1.29 is 23.7 Å². The average Bonchev–Trinajstić information content (AvgIpc) is 3.36. The second-order valence-corrected chi connectivity index (χ2v) is 9.80. The Balaban J connectivity index is 1.58. The van der Waals surface area contributed by atoms with Gasteiger partial charge in [-0.05, 0) is 71.3 Å². The highest BCUT2D eigenvalue weighted by Crippen LogP contribution is 2.41. The first-order chi connectivity index (χ1) is 17.6. The van der Waals surface area contributed by atoms with Crippen molar-refractivity contribution in [2.45, 2.75) is 18.9 Å². The van der Waals surface area contributed by atoms with Crippen LogP contribution in [0.15, 0.2) is 60.7 Å². The van der Waals surface area contributed by atoms with E-state index in [1.165, 1.54) is 5.56 Å². The van der Waals surface area contributed by atoms with E-state index in [0.29, 0.717) is 36.0 Å². The standard InChI is InChI=1S/C29H29NO5S/c1-32-23-10-9-18(14-24(23)33-2)13-22-21-17-26(35-4)25(34-3)15-19(21)11-12-30(22)29(31)28-16-20-7-5-6-8-27(20)36-28/h5-10,14-17,22H,11-13H2,1-4H3/t22-/m1/s1. The maximum Gasteiger partial charge on any atom is 0.264 e. The molecule has 0 radical (unpaired) electrons. The van der Waals surface area contributed by atoms with Crippen molar-refractivity contribution in [2.75, 3.05) is 35.0 Å². The molecule has 3 aromatic carbocycles. The SMILES string of the molecule is COc1ccc(C[C@@H]2c3cc(OC)c(OC)cc3CCN2C(=O)c2cc3ccccc3s2)cc1OC. The maximum absolute atomic E-state index is 13.9. The predicted molar refractivity (Wildman–Crippen MR) is 142 cm³/mol. The van der Waals surface area contributed by atoms with E-state index in [1.807, 2.05) is 59.5 Å². The number of hydrogen-bond donors (Lipinski definition) is 0. The number of ether oxygens (including phenoxy) is 4. The van der Waals surface area contributed by atoms with Crippen LogP contribution in [0.25, 0.3) is 10.1 Å². The van der Waals surface area contributed by atoms with Crippen molar-refractivity contribution in [2.24, 2.45) is 0 Å². The Labute approximate surface area is 215 Å². The quantitative estimate of drug-likeness (QED) is 0.313. The number of carbonyl (C=O) groups is 1. The van der Waals surface area contributed by atoms with Gasteiger partial charge in [0.05, 0.1) is 39.4 Å². The lowest BCUT2D eigenvalue weighted by molar-refractivity contribution is 0.0664. The fourth-order valence-corrected chi connectivity index (χ4v) is 5.97. The number of rotatable bonds is 7. The molecule has 1 aliphatic heterocycles. The third-order valence-corrected chi connectivity index (χ3v) is 7.88.